The number of carboxylic acid groups (broad SMARTS) is 1. The van der Waals surface area contributed by atoms with E-state index in [1.807, 2.05) is 0 Å². The van der Waals surface area contributed by atoms with Gasteiger partial charge in [0.25, 0.3) is 0 Å². The Morgan fingerprint density at radius 2 is 2.05 bits per heavy atom. The van der Waals surface area contributed by atoms with Gasteiger partial charge in [-0.05, 0) is 37.0 Å². The third-order valence-corrected chi connectivity index (χ3v) is 3.78. The summed E-state index contributed by atoms with van der Waals surface area (Å²) in [7, 11) is 0. The fraction of sp³-hybridized carbons (Fsp3) is 0.533. The van der Waals surface area contributed by atoms with Crippen LogP contribution in [0.2, 0.25) is 0 Å². The summed E-state index contributed by atoms with van der Waals surface area (Å²) in [6, 6.07) is 4.04. The Morgan fingerprint density at radius 3 is 2.63 bits per heavy atom. The van der Waals surface area contributed by atoms with E-state index < -0.39 is 12.0 Å². The quantitative estimate of drug-likeness (QED) is 0.879. The predicted octanol–water partition coefficient (Wildman–Crippen LogP) is 3.18. The van der Waals surface area contributed by atoms with Crippen LogP contribution in [0.1, 0.15) is 49.3 Å². The first kappa shape index (κ1) is 14.0. The molecule has 4 heteroatoms. The van der Waals surface area contributed by atoms with Crippen LogP contribution in [-0.2, 0) is 4.79 Å². The zero-order chi connectivity index (χ0) is 13.8. The van der Waals surface area contributed by atoms with Gasteiger partial charge in [-0.2, -0.15) is 0 Å². The fourth-order valence-electron chi connectivity index (χ4n) is 2.60. The van der Waals surface area contributed by atoms with Crippen molar-refractivity contribution in [2.24, 2.45) is 0 Å². The van der Waals surface area contributed by atoms with Gasteiger partial charge in [0.1, 0.15) is 11.9 Å². The highest BCUT2D eigenvalue weighted by atomic mass is 19.1. The van der Waals surface area contributed by atoms with E-state index in [2.05, 4.69) is 5.32 Å². The van der Waals surface area contributed by atoms with E-state index in [-0.39, 0.29) is 11.9 Å². The van der Waals surface area contributed by atoms with E-state index in [1.54, 1.807) is 19.1 Å². The van der Waals surface area contributed by atoms with Gasteiger partial charge in [-0.3, -0.25) is 10.1 Å². The average Bonchev–Trinajstić information content (AvgIpc) is 2.40. The maximum atomic E-state index is 13.6. The minimum absolute atomic E-state index is 0.221. The van der Waals surface area contributed by atoms with Gasteiger partial charge in [-0.1, -0.05) is 31.4 Å². The van der Waals surface area contributed by atoms with Crippen LogP contribution in [0.25, 0.3) is 0 Å². The smallest absolute Gasteiger partial charge is 0.325 e. The molecule has 1 aliphatic carbocycles. The lowest BCUT2D eigenvalue weighted by molar-refractivity contribution is -0.140. The van der Waals surface area contributed by atoms with E-state index in [9.17, 15) is 14.3 Å². The fourth-order valence-corrected chi connectivity index (χ4v) is 2.60. The summed E-state index contributed by atoms with van der Waals surface area (Å²) in [5, 5.41) is 12.5. The van der Waals surface area contributed by atoms with Crippen molar-refractivity contribution >= 4 is 5.97 Å². The number of hydrogen-bond acceptors (Lipinski definition) is 2. The molecule has 1 aromatic rings. The summed E-state index contributed by atoms with van der Waals surface area (Å²) < 4.78 is 13.6. The molecule has 0 aliphatic heterocycles. The maximum absolute atomic E-state index is 13.6. The largest absolute Gasteiger partial charge is 0.480 e. The van der Waals surface area contributed by atoms with Gasteiger partial charge in [-0.15, -0.1) is 0 Å². The monoisotopic (exact) mass is 265 g/mol. The Morgan fingerprint density at radius 1 is 1.37 bits per heavy atom. The van der Waals surface area contributed by atoms with E-state index in [1.165, 1.54) is 12.5 Å². The van der Waals surface area contributed by atoms with Crippen LogP contribution in [0.15, 0.2) is 18.2 Å². The van der Waals surface area contributed by atoms with Crippen molar-refractivity contribution in [3.63, 3.8) is 0 Å². The topological polar surface area (TPSA) is 49.3 Å². The molecule has 1 aliphatic rings. The van der Waals surface area contributed by atoms with Crippen molar-refractivity contribution in [1.82, 2.24) is 5.32 Å². The summed E-state index contributed by atoms with van der Waals surface area (Å²) in [6.45, 7) is 1.67. The second-order valence-corrected chi connectivity index (χ2v) is 5.28. The summed E-state index contributed by atoms with van der Waals surface area (Å²) >= 11 is 0. The zero-order valence-electron chi connectivity index (χ0n) is 11.2. The third-order valence-electron chi connectivity index (χ3n) is 3.78. The highest BCUT2D eigenvalue weighted by molar-refractivity contribution is 5.75. The first-order valence-corrected chi connectivity index (χ1v) is 6.83. The van der Waals surface area contributed by atoms with E-state index in [0.717, 1.165) is 25.7 Å². The van der Waals surface area contributed by atoms with Crippen LogP contribution < -0.4 is 5.32 Å². The highest BCUT2D eigenvalue weighted by Crippen LogP contribution is 2.23. The SMILES string of the molecule is Cc1ccc(C(NC2CCCCC2)C(=O)O)cc1F. The molecule has 1 fully saturated rings. The van der Waals surface area contributed by atoms with E-state index >= 15 is 0 Å². The van der Waals surface area contributed by atoms with E-state index in [0.29, 0.717) is 11.1 Å². The van der Waals surface area contributed by atoms with E-state index in [4.69, 9.17) is 0 Å². The molecule has 2 N–H and O–H groups in total. The van der Waals surface area contributed by atoms with Crippen molar-refractivity contribution < 1.29 is 14.3 Å². The molecule has 0 radical (unpaired) electrons. The predicted molar refractivity (Wildman–Crippen MR) is 71.5 cm³/mol. The van der Waals surface area contributed by atoms with Crippen LogP contribution in [0.3, 0.4) is 0 Å². The summed E-state index contributed by atoms with van der Waals surface area (Å²) in [6.07, 6.45) is 5.48. The molecule has 0 aromatic heterocycles. The molecule has 2 rings (SSSR count). The van der Waals surface area contributed by atoms with Gasteiger partial charge < -0.3 is 5.11 Å². The summed E-state index contributed by atoms with van der Waals surface area (Å²) in [5.74, 6) is -1.30. The molecule has 19 heavy (non-hydrogen) atoms. The Balaban J connectivity index is 2.14. The summed E-state index contributed by atoms with van der Waals surface area (Å²) in [5.41, 5.74) is 1.02. The van der Waals surface area contributed by atoms with Gasteiger partial charge in [0.05, 0.1) is 0 Å². The van der Waals surface area contributed by atoms with Crippen molar-refractivity contribution in [2.75, 3.05) is 0 Å². The molecular weight excluding hydrogens is 245 g/mol. The first-order valence-electron chi connectivity index (χ1n) is 6.83. The molecule has 0 spiro atoms. The van der Waals surface area contributed by atoms with Crippen LogP contribution in [0.4, 0.5) is 4.39 Å². The normalized spacial score (nSPS) is 18.2. The molecule has 1 aromatic carbocycles. The van der Waals surface area contributed by atoms with Crippen LogP contribution in [0, 0.1) is 12.7 Å². The Bertz CT molecular complexity index is 455. The average molecular weight is 265 g/mol. The number of rotatable bonds is 4. The zero-order valence-corrected chi connectivity index (χ0v) is 11.2. The number of hydrogen-bond donors (Lipinski definition) is 2. The molecule has 0 amide bonds. The number of benzene rings is 1. The molecular formula is C15H20FNO2. The lowest BCUT2D eigenvalue weighted by atomic mass is 9.94. The van der Waals surface area contributed by atoms with Gasteiger partial charge in [0.2, 0.25) is 0 Å². The number of halogens is 1. The van der Waals surface area contributed by atoms with Gasteiger partial charge >= 0.3 is 5.97 Å². The lowest BCUT2D eigenvalue weighted by Crippen LogP contribution is -2.38. The number of aryl methyl sites for hydroxylation is 1. The first-order chi connectivity index (χ1) is 9.08. The number of nitrogens with one attached hydrogen (secondary N) is 1. The Labute approximate surface area is 112 Å². The Hall–Kier alpha value is -1.42. The standard InChI is InChI=1S/C15H20FNO2/c1-10-7-8-11(9-13(10)16)14(15(18)19)17-12-5-3-2-4-6-12/h7-9,12,14,17H,2-6H2,1H3,(H,18,19). The molecule has 0 heterocycles. The molecule has 1 unspecified atom stereocenters. The Kier molecular flexibility index (Phi) is 4.53. The van der Waals surface area contributed by atoms with Gasteiger partial charge in [-0.25, -0.2) is 4.39 Å². The van der Waals surface area contributed by atoms with Crippen LogP contribution in [0.5, 0.6) is 0 Å². The third kappa shape index (κ3) is 3.53. The van der Waals surface area contributed by atoms with Gasteiger partial charge in [0, 0.05) is 6.04 Å². The van der Waals surface area contributed by atoms with Crippen LogP contribution in [-0.4, -0.2) is 17.1 Å². The van der Waals surface area contributed by atoms with Crippen molar-refractivity contribution in [1.29, 1.82) is 0 Å². The lowest BCUT2D eigenvalue weighted by Gasteiger charge is -2.26. The molecule has 0 saturated heterocycles. The highest BCUT2D eigenvalue weighted by Gasteiger charge is 2.24. The molecule has 1 saturated carbocycles. The van der Waals surface area contributed by atoms with Crippen molar-refractivity contribution in [3.05, 3.63) is 35.1 Å². The number of aliphatic carboxylic acids is 1. The maximum Gasteiger partial charge on any atom is 0.325 e. The number of carboxylic acids is 1. The van der Waals surface area contributed by atoms with Gasteiger partial charge in [0.15, 0.2) is 0 Å². The minimum atomic E-state index is -0.950. The van der Waals surface area contributed by atoms with Crippen molar-refractivity contribution in [2.45, 2.75) is 51.1 Å². The molecule has 104 valence electrons. The minimum Gasteiger partial charge on any atom is -0.480 e. The molecule has 1 atom stereocenters. The molecule has 3 nitrogen and oxygen atoms in total. The molecule has 0 bridgehead atoms. The number of carbonyl (C=O) groups is 1. The second-order valence-electron chi connectivity index (χ2n) is 5.28. The second kappa shape index (κ2) is 6.15. The van der Waals surface area contributed by atoms with Crippen molar-refractivity contribution in [3.8, 4) is 0 Å². The summed E-state index contributed by atoms with van der Waals surface area (Å²) in [4.78, 5) is 11.4. The van der Waals surface area contributed by atoms with Crippen LogP contribution >= 0.6 is 0 Å².